The van der Waals surface area contributed by atoms with E-state index in [-0.39, 0.29) is 5.91 Å². The smallest absolute Gasteiger partial charge is 0.308 e. The van der Waals surface area contributed by atoms with Gasteiger partial charge in [0.05, 0.1) is 15.5 Å². The van der Waals surface area contributed by atoms with Crippen LogP contribution < -0.4 is 0 Å². The lowest BCUT2D eigenvalue weighted by molar-refractivity contribution is -0.143. The Morgan fingerprint density at radius 3 is 2.83 bits per heavy atom. The van der Waals surface area contributed by atoms with Crippen LogP contribution in [0, 0.1) is 5.92 Å². The first-order valence-electron chi connectivity index (χ1n) is 7.56. The molecule has 1 unspecified atom stereocenters. The fourth-order valence-electron chi connectivity index (χ4n) is 3.12. The molecule has 2 aromatic heterocycles. The number of fused-ring (bicyclic) bond motifs is 3. The molecule has 0 aliphatic carbocycles. The van der Waals surface area contributed by atoms with Gasteiger partial charge in [-0.15, -0.1) is 22.7 Å². The van der Waals surface area contributed by atoms with Crippen LogP contribution in [0.3, 0.4) is 0 Å². The quantitative estimate of drug-likeness (QED) is 0.762. The highest BCUT2D eigenvalue weighted by molar-refractivity contribution is 7.33. The van der Waals surface area contributed by atoms with E-state index in [0.29, 0.717) is 24.4 Å². The minimum atomic E-state index is -0.805. The maximum Gasteiger partial charge on any atom is 0.308 e. The zero-order valence-corrected chi connectivity index (χ0v) is 14.0. The van der Waals surface area contributed by atoms with Crippen LogP contribution in [0.1, 0.15) is 22.5 Å². The summed E-state index contributed by atoms with van der Waals surface area (Å²) in [5.41, 5.74) is 0. The van der Waals surface area contributed by atoms with Gasteiger partial charge in [0.25, 0.3) is 5.91 Å². The summed E-state index contributed by atoms with van der Waals surface area (Å²) in [4.78, 5) is 26.3. The third-order valence-electron chi connectivity index (χ3n) is 4.32. The van der Waals surface area contributed by atoms with E-state index < -0.39 is 11.9 Å². The van der Waals surface area contributed by atoms with Gasteiger partial charge < -0.3 is 10.0 Å². The number of carbonyl (C=O) groups excluding carboxylic acids is 1. The van der Waals surface area contributed by atoms with E-state index in [9.17, 15) is 14.7 Å². The topological polar surface area (TPSA) is 57.6 Å². The summed E-state index contributed by atoms with van der Waals surface area (Å²) in [6.45, 7) is 0.968. The number of benzene rings is 1. The van der Waals surface area contributed by atoms with Crippen molar-refractivity contribution in [2.45, 2.75) is 12.8 Å². The van der Waals surface area contributed by atoms with Crippen molar-refractivity contribution in [1.29, 1.82) is 0 Å². The highest BCUT2D eigenvalue weighted by atomic mass is 32.1. The molecule has 0 saturated carbocycles. The molecule has 3 heterocycles. The Labute approximate surface area is 141 Å². The standard InChI is InChI=1S/C17H15NO3S2/c19-16(18-7-3-4-10(9-18)17(20)21)14-8-13-15(23-14)11-5-1-2-6-12(11)22-13/h1-2,5-6,8,10H,3-4,7,9H2,(H,20,21). The average molecular weight is 345 g/mol. The van der Waals surface area contributed by atoms with E-state index in [1.165, 1.54) is 21.4 Å². The van der Waals surface area contributed by atoms with Crippen LogP contribution in [-0.4, -0.2) is 35.0 Å². The Morgan fingerprint density at radius 2 is 2.00 bits per heavy atom. The molecule has 1 saturated heterocycles. The van der Waals surface area contributed by atoms with Crippen molar-refractivity contribution in [3.8, 4) is 0 Å². The molecule has 1 N–H and O–H groups in total. The van der Waals surface area contributed by atoms with Crippen LogP contribution in [0.4, 0.5) is 0 Å². The van der Waals surface area contributed by atoms with E-state index in [4.69, 9.17) is 0 Å². The number of amides is 1. The number of carboxylic acid groups (broad SMARTS) is 1. The van der Waals surface area contributed by atoms with Crippen LogP contribution in [0.15, 0.2) is 30.3 Å². The first-order chi connectivity index (χ1) is 11.1. The second kappa shape index (κ2) is 5.62. The maximum absolute atomic E-state index is 12.7. The lowest BCUT2D eigenvalue weighted by Crippen LogP contribution is -2.42. The molecule has 1 aliphatic rings. The summed E-state index contributed by atoms with van der Waals surface area (Å²) < 4.78 is 3.52. The van der Waals surface area contributed by atoms with Crippen molar-refractivity contribution in [2.75, 3.05) is 13.1 Å². The van der Waals surface area contributed by atoms with Crippen molar-refractivity contribution in [1.82, 2.24) is 4.90 Å². The van der Waals surface area contributed by atoms with E-state index in [1.54, 1.807) is 16.2 Å². The minimum Gasteiger partial charge on any atom is -0.481 e. The fraction of sp³-hybridized carbons (Fsp3) is 0.294. The number of hydrogen-bond donors (Lipinski definition) is 1. The molecule has 23 heavy (non-hydrogen) atoms. The van der Waals surface area contributed by atoms with Gasteiger partial charge >= 0.3 is 5.97 Å². The minimum absolute atomic E-state index is 0.0339. The lowest BCUT2D eigenvalue weighted by Gasteiger charge is -2.30. The SMILES string of the molecule is O=C(O)C1CCCN(C(=O)c2cc3sc4ccccc4c3s2)C1. The molecular formula is C17H15NO3S2. The normalized spacial score (nSPS) is 18.6. The summed E-state index contributed by atoms with van der Waals surface area (Å²) in [6.07, 6.45) is 1.41. The number of piperidine rings is 1. The molecule has 1 aromatic carbocycles. The Bertz CT molecular complexity index is 911. The predicted octanol–water partition coefficient (Wildman–Crippen LogP) is 4.05. The molecule has 6 heteroatoms. The molecule has 0 radical (unpaired) electrons. The van der Waals surface area contributed by atoms with Gasteiger partial charge in [0.2, 0.25) is 0 Å². The van der Waals surface area contributed by atoms with Gasteiger partial charge in [-0.1, -0.05) is 18.2 Å². The van der Waals surface area contributed by atoms with Crippen molar-refractivity contribution in [3.05, 3.63) is 35.2 Å². The Kier molecular flexibility index (Phi) is 3.58. The monoisotopic (exact) mass is 345 g/mol. The van der Waals surface area contributed by atoms with Gasteiger partial charge in [0.15, 0.2) is 0 Å². The van der Waals surface area contributed by atoms with E-state index in [0.717, 1.165) is 15.8 Å². The Morgan fingerprint density at radius 1 is 1.17 bits per heavy atom. The van der Waals surface area contributed by atoms with Crippen molar-refractivity contribution in [2.24, 2.45) is 5.92 Å². The zero-order valence-electron chi connectivity index (χ0n) is 12.3. The first kappa shape index (κ1) is 14.7. The van der Waals surface area contributed by atoms with Gasteiger partial charge in [0, 0.05) is 27.9 Å². The number of aliphatic carboxylic acids is 1. The number of nitrogens with zero attached hydrogens (tertiary/aromatic N) is 1. The molecule has 1 aliphatic heterocycles. The lowest BCUT2D eigenvalue weighted by atomic mass is 9.98. The fourth-order valence-corrected chi connectivity index (χ4v) is 5.62. The Balaban J connectivity index is 1.65. The number of thiophene rings is 2. The third-order valence-corrected chi connectivity index (χ3v) is 6.72. The van der Waals surface area contributed by atoms with E-state index in [1.807, 2.05) is 18.2 Å². The summed E-state index contributed by atoms with van der Waals surface area (Å²) in [7, 11) is 0. The molecule has 4 rings (SSSR count). The molecule has 0 spiro atoms. The molecular weight excluding hydrogens is 330 g/mol. The first-order valence-corrected chi connectivity index (χ1v) is 9.20. The number of hydrogen-bond acceptors (Lipinski definition) is 4. The van der Waals surface area contributed by atoms with Crippen LogP contribution >= 0.6 is 22.7 Å². The summed E-state index contributed by atoms with van der Waals surface area (Å²) in [5.74, 6) is -1.27. The molecule has 1 amide bonds. The highest BCUT2D eigenvalue weighted by Gasteiger charge is 2.29. The van der Waals surface area contributed by atoms with Crippen LogP contribution in [-0.2, 0) is 4.79 Å². The average Bonchev–Trinajstić information content (AvgIpc) is 3.12. The van der Waals surface area contributed by atoms with Gasteiger partial charge in [-0.25, -0.2) is 0 Å². The van der Waals surface area contributed by atoms with Gasteiger partial charge in [-0.3, -0.25) is 9.59 Å². The van der Waals surface area contributed by atoms with Crippen LogP contribution in [0.5, 0.6) is 0 Å². The van der Waals surface area contributed by atoms with E-state index >= 15 is 0 Å². The highest BCUT2D eigenvalue weighted by Crippen LogP contribution is 2.39. The van der Waals surface area contributed by atoms with Crippen molar-refractivity contribution >= 4 is 54.0 Å². The van der Waals surface area contributed by atoms with Crippen molar-refractivity contribution in [3.63, 3.8) is 0 Å². The van der Waals surface area contributed by atoms with E-state index in [2.05, 4.69) is 12.1 Å². The molecule has 1 atom stereocenters. The third kappa shape index (κ3) is 2.52. The van der Waals surface area contributed by atoms with Crippen molar-refractivity contribution < 1.29 is 14.7 Å². The van der Waals surface area contributed by atoms with Gasteiger partial charge in [0.1, 0.15) is 0 Å². The number of rotatable bonds is 2. The largest absolute Gasteiger partial charge is 0.481 e. The second-order valence-corrected chi connectivity index (χ2v) is 7.97. The second-order valence-electron chi connectivity index (χ2n) is 5.83. The zero-order chi connectivity index (χ0) is 16.0. The van der Waals surface area contributed by atoms with Gasteiger partial charge in [-0.05, 0) is 25.0 Å². The summed E-state index contributed by atoms with van der Waals surface area (Å²) in [6, 6.07) is 10.2. The molecule has 1 fully saturated rings. The molecule has 4 nitrogen and oxygen atoms in total. The number of likely N-dealkylation sites (tertiary alicyclic amines) is 1. The van der Waals surface area contributed by atoms with Crippen LogP contribution in [0.2, 0.25) is 0 Å². The number of carboxylic acids is 1. The molecule has 3 aromatic rings. The summed E-state index contributed by atoms with van der Waals surface area (Å²) >= 11 is 3.21. The van der Waals surface area contributed by atoms with Crippen LogP contribution in [0.25, 0.3) is 19.5 Å². The summed E-state index contributed by atoms with van der Waals surface area (Å²) in [5, 5.41) is 10.4. The molecule has 0 bridgehead atoms. The van der Waals surface area contributed by atoms with Gasteiger partial charge in [-0.2, -0.15) is 0 Å². The predicted molar refractivity (Wildman–Crippen MR) is 93.5 cm³/mol. The maximum atomic E-state index is 12.7. The Hall–Kier alpha value is -1.92. The molecule has 118 valence electrons. The number of carbonyl (C=O) groups is 2.